The first-order chi connectivity index (χ1) is 14.8. The fourth-order valence-electron chi connectivity index (χ4n) is 3.35. The number of anilines is 1. The van der Waals surface area contributed by atoms with Gasteiger partial charge in [-0.3, -0.25) is 19.4 Å². The average molecular weight is 434 g/mol. The van der Waals surface area contributed by atoms with Gasteiger partial charge in [-0.1, -0.05) is 12.1 Å². The molecular weight excluding hydrogens is 413 g/mol. The lowest BCUT2D eigenvalue weighted by Crippen LogP contribution is -2.43. The molecule has 1 saturated heterocycles. The van der Waals surface area contributed by atoms with Gasteiger partial charge in [0, 0.05) is 32.0 Å². The van der Waals surface area contributed by atoms with Gasteiger partial charge < -0.3 is 15.5 Å². The Morgan fingerprint density at radius 1 is 1.03 bits per heavy atom. The van der Waals surface area contributed by atoms with E-state index in [1.807, 2.05) is 5.32 Å². The van der Waals surface area contributed by atoms with Gasteiger partial charge in [0.15, 0.2) is 0 Å². The maximum Gasteiger partial charge on any atom is 0.418 e. The van der Waals surface area contributed by atoms with E-state index >= 15 is 0 Å². The summed E-state index contributed by atoms with van der Waals surface area (Å²) in [5.41, 5.74) is -0.996. The Morgan fingerprint density at radius 2 is 1.74 bits per heavy atom. The molecule has 1 aromatic heterocycles. The van der Waals surface area contributed by atoms with Crippen LogP contribution in [-0.4, -0.2) is 47.2 Å². The fourth-order valence-corrected chi connectivity index (χ4v) is 3.35. The van der Waals surface area contributed by atoms with Crippen molar-refractivity contribution in [3.8, 4) is 0 Å². The summed E-state index contributed by atoms with van der Waals surface area (Å²) in [6.07, 6.45) is -0.301. The van der Waals surface area contributed by atoms with Crippen molar-refractivity contribution >= 4 is 23.4 Å². The Balaban J connectivity index is 1.47. The summed E-state index contributed by atoms with van der Waals surface area (Å²) in [6.45, 7) is 1.20. The highest BCUT2D eigenvalue weighted by Crippen LogP contribution is 2.34. The molecule has 2 N–H and O–H groups in total. The van der Waals surface area contributed by atoms with Gasteiger partial charge >= 0.3 is 18.0 Å². The molecule has 0 saturated carbocycles. The van der Waals surface area contributed by atoms with E-state index < -0.39 is 29.2 Å². The van der Waals surface area contributed by atoms with Crippen molar-refractivity contribution in [2.45, 2.75) is 19.0 Å². The minimum absolute atomic E-state index is 0.0529. The quantitative estimate of drug-likeness (QED) is 0.724. The third-order valence-electron chi connectivity index (χ3n) is 5.05. The smallest absolute Gasteiger partial charge is 0.348 e. The highest BCUT2D eigenvalue weighted by molar-refractivity contribution is 6.39. The van der Waals surface area contributed by atoms with E-state index in [1.54, 1.807) is 23.2 Å². The van der Waals surface area contributed by atoms with Crippen molar-refractivity contribution in [3.63, 3.8) is 0 Å². The number of aromatic nitrogens is 1. The molecule has 2 aromatic rings. The first-order valence-electron chi connectivity index (χ1n) is 9.70. The van der Waals surface area contributed by atoms with Gasteiger partial charge in [0.25, 0.3) is 5.91 Å². The molecule has 0 radical (unpaired) electrons. The second-order valence-electron chi connectivity index (χ2n) is 7.18. The van der Waals surface area contributed by atoms with Gasteiger partial charge in [-0.15, -0.1) is 0 Å². The van der Waals surface area contributed by atoms with E-state index in [0.29, 0.717) is 31.5 Å². The minimum atomic E-state index is -4.65. The van der Waals surface area contributed by atoms with Crippen LogP contribution in [0.1, 0.15) is 28.8 Å². The van der Waals surface area contributed by atoms with Gasteiger partial charge in [0.05, 0.1) is 16.8 Å². The summed E-state index contributed by atoms with van der Waals surface area (Å²) in [5.74, 6) is -2.23. The van der Waals surface area contributed by atoms with Gasteiger partial charge in [0.2, 0.25) is 0 Å². The zero-order valence-corrected chi connectivity index (χ0v) is 16.5. The molecule has 0 unspecified atom stereocenters. The van der Waals surface area contributed by atoms with E-state index in [9.17, 15) is 27.6 Å². The standard InChI is InChI=1S/C21H21F3N4O3/c22-21(23,24)16-5-1-2-6-17(16)27-19(30)18(29)26-12-14-7-10-28(11-8-14)20(31)15-4-3-9-25-13-15/h1-6,9,13-14H,7-8,10-12H2,(H,26,29)(H,27,30). The Bertz CT molecular complexity index is 942. The van der Waals surface area contributed by atoms with Crippen LogP contribution in [0, 0.1) is 5.92 Å². The van der Waals surface area contributed by atoms with Crippen LogP contribution in [0.4, 0.5) is 18.9 Å². The topological polar surface area (TPSA) is 91.4 Å². The number of hydrogen-bond donors (Lipinski definition) is 2. The minimum Gasteiger partial charge on any atom is -0.348 e. The predicted octanol–water partition coefficient (Wildman–Crippen LogP) is 2.71. The number of likely N-dealkylation sites (tertiary alicyclic amines) is 1. The van der Waals surface area contributed by atoms with Crippen molar-refractivity contribution in [3.05, 3.63) is 59.9 Å². The molecule has 7 nitrogen and oxygen atoms in total. The van der Waals surface area contributed by atoms with Crippen molar-refractivity contribution in [1.82, 2.24) is 15.2 Å². The van der Waals surface area contributed by atoms with Crippen molar-refractivity contribution in [2.24, 2.45) is 5.92 Å². The summed E-state index contributed by atoms with van der Waals surface area (Å²) in [6, 6.07) is 7.83. The summed E-state index contributed by atoms with van der Waals surface area (Å²) in [4.78, 5) is 42.1. The van der Waals surface area contributed by atoms with Crippen LogP contribution in [0.15, 0.2) is 48.8 Å². The Hall–Kier alpha value is -3.43. The number of carbonyl (C=O) groups excluding carboxylic acids is 3. The summed E-state index contributed by atoms with van der Waals surface area (Å²) < 4.78 is 39.0. The number of carbonyl (C=O) groups is 3. The van der Waals surface area contributed by atoms with E-state index in [2.05, 4.69) is 10.3 Å². The SMILES string of the molecule is O=C(NCC1CCN(C(=O)c2cccnc2)CC1)C(=O)Nc1ccccc1C(F)(F)F. The maximum atomic E-state index is 13.0. The number of rotatable bonds is 4. The molecule has 1 aromatic carbocycles. The largest absolute Gasteiger partial charge is 0.418 e. The van der Waals surface area contributed by atoms with Crippen molar-refractivity contribution < 1.29 is 27.6 Å². The highest BCUT2D eigenvalue weighted by Gasteiger charge is 2.34. The third kappa shape index (κ3) is 5.80. The molecular formula is C21H21F3N4O3. The molecule has 0 atom stereocenters. The number of piperidine rings is 1. The lowest BCUT2D eigenvalue weighted by Gasteiger charge is -2.32. The van der Waals surface area contributed by atoms with Gasteiger partial charge in [-0.2, -0.15) is 13.2 Å². The molecule has 0 aliphatic carbocycles. The Labute approximate surface area is 176 Å². The summed E-state index contributed by atoms with van der Waals surface area (Å²) in [5, 5.41) is 4.48. The molecule has 1 aliphatic heterocycles. The maximum absolute atomic E-state index is 13.0. The Kier molecular flexibility index (Phi) is 6.88. The molecule has 1 fully saturated rings. The van der Waals surface area contributed by atoms with Crippen LogP contribution in [0.3, 0.4) is 0 Å². The van der Waals surface area contributed by atoms with E-state index in [-0.39, 0.29) is 18.4 Å². The number of nitrogens with zero attached hydrogens (tertiary/aromatic N) is 2. The van der Waals surface area contributed by atoms with Crippen LogP contribution in [0.25, 0.3) is 0 Å². The molecule has 1 aliphatic rings. The number of nitrogens with one attached hydrogen (secondary N) is 2. The fraction of sp³-hybridized carbons (Fsp3) is 0.333. The molecule has 31 heavy (non-hydrogen) atoms. The number of alkyl halides is 3. The van der Waals surface area contributed by atoms with Gasteiger partial charge in [0.1, 0.15) is 0 Å². The monoisotopic (exact) mass is 434 g/mol. The second kappa shape index (κ2) is 9.59. The number of hydrogen-bond acceptors (Lipinski definition) is 4. The first kappa shape index (κ1) is 22.3. The van der Waals surface area contributed by atoms with Crippen LogP contribution < -0.4 is 10.6 Å². The highest BCUT2D eigenvalue weighted by atomic mass is 19.4. The number of halogens is 3. The summed E-state index contributed by atoms with van der Waals surface area (Å²) in [7, 11) is 0. The lowest BCUT2D eigenvalue weighted by atomic mass is 9.96. The van der Waals surface area contributed by atoms with Crippen LogP contribution in [0.5, 0.6) is 0 Å². The normalized spacial score (nSPS) is 14.7. The Morgan fingerprint density at radius 3 is 2.39 bits per heavy atom. The first-order valence-corrected chi connectivity index (χ1v) is 9.70. The van der Waals surface area contributed by atoms with E-state index in [4.69, 9.17) is 0 Å². The van der Waals surface area contributed by atoms with Gasteiger partial charge in [-0.05, 0) is 43.0 Å². The molecule has 3 rings (SSSR count). The molecule has 2 heterocycles. The number of pyridine rings is 1. The molecule has 3 amide bonds. The molecule has 0 spiro atoms. The number of para-hydroxylation sites is 1. The second-order valence-corrected chi connectivity index (χ2v) is 7.18. The van der Waals surface area contributed by atoms with E-state index in [1.165, 1.54) is 18.3 Å². The van der Waals surface area contributed by atoms with Crippen LogP contribution >= 0.6 is 0 Å². The van der Waals surface area contributed by atoms with E-state index in [0.717, 1.165) is 12.1 Å². The molecule has 0 bridgehead atoms. The van der Waals surface area contributed by atoms with Crippen molar-refractivity contribution in [2.75, 3.05) is 25.0 Å². The zero-order chi connectivity index (χ0) is 22.4. The molecule has 164 valence electrons. The summed E-state index contributed by atoms with van der Waals surface area (Å²) >= 11 is 0. The number of benzene rings is 1. The predicted molar refractivity (Wildman–Crippen MR) is 106 cm³/mol. The molecule has 10 heteroatoms. The zero-order valence-electron chi connectivity index (χ0n) is 16.5. The van der Waals surface area contributed by atoms with Crippen LogP contribution in [0.2, 0.25) is 0 Å². The van der Waals surface area contributed by atoms with Crippen molar-refractivity contribution in [1.29, 1.82) is 0 Å². The van der Waals surface area contributed by atoms with Crippen LogP contribution in [-0.2, 0) is 15.8 Å². The van der Waals surface area contributed by atoms with Gasteiger partial charge in [-0.25, -0.2) is 0 Å². The average Bonchev–Trinajstić information content (AvgIpc) is 2.77. The lowest BCUT2D eigenvalue weighted by molar-refractivity contribution is -0.138. The number of amides is 3. The third-order valence-corrected chi connectivity index (χ3v) is 5.05.